The minimum Gasteiger partial charge on any atom is -0.465 e. The van der Waals surface area contributed by atoms with Crippen molar-refractivity contribution < 1.29 is 14.3 Å². The summed E-state index contributed by atoms with van der Waals surface area (Å²) in [5.74, 6) is -0.915. The molecule has 34 heavy (non-hydrogen) atoms. The van der Waals surface area contributed by atoms with Gasteiger partial charge in [0.05, 0.1) is 18.4 Å². The molecule has 0 atom stereocenters. The number of anilines is 1. The zero-order chi connectivity index (χ0) is 23.8. The molecule has 0 bridgehead atoms. The fourth-order valence-electron chi connectivity index (χ4n) is 3.54. The van der Waals surface area contributed by atoms with Crippen molar-refractivity contribution in [1.82, 2.24) is 23.8 Å². The van der Waals surface area contributed by atoms with Gasteiger partial charge in [-0.05, 0) is 42.5 Å². The fourth-order valence-corrected chi connectivity index (χ4v) is 3.67. The molecule has 1 amide bonds. The van der Waals surface area contributed by atoms with Crippen molar-refractivity contribution in [2.75, 3.05) is 12.4 Å². The molecule has 0 unspecified atom stereocenters. The van der Waals surface area contributed by atoms with Crippen LogP contribution in [0, 0.1) is 0 Å². The van der Waals surface area contributed by atoms with Crippen LogP contribution in [-0.4, -0.2) is 42.8 Å². The number of fused-ring (bicyclic) bond motifs is 3. The van der Waals surface area contributed by atoms with Gasteiger partial charge in [-0.3, -0.25) is 4.79 Å². The highest BCUT2D eigenvalue weighted by atomic mass is 35.5. The van der Waals surface area contributed by atoms with Gasteiger partial charge in [0.2, 0.25) is 5.91 Å². The molecule has 5 aromatic rings. The molecule has 10 nitrogen and oxygen atoms in total. The molecule has 1 N–H and O–H groups in total. The van der Waals surface area contributed by atoms with Crippen molar-refractivity contribution in [2.45, 2.75) is 6.54 Å². The summed E-state index contributed by atoms with van der Waals surface area (Å²) in [6, 6.07) is 15.3. The van der Waals surface area contributed by atoms with Crippen LogP contribution in [0.1, 0.15) is 10.4 Å². The first kappa shape index (κ1) is 21.4. The average Bonchev–Trinajstić information content (AvgIpc) is 3.41. The van der Waals surface area contributed by atoms with E-state index in [9.17, 15) is 14.4 Å². The Morgan fingerprint density at radius 2 is 1.76 bits per heavy atom. The normalized spacial score (nSPS) is 11.1. The minimum atomic E-state index is -0.473. The molecular formula is C23H17ClN6O4. The molecule has 0 fully saturated rings. The van der Waals surface area contributed by atoms with E-state index in [-0.39, 0.29) is 6.54 Å². The Bertz CT molecular complexity index is 1600. The molecule has 3 aromatic heterocycles. The van der Waals surface area contributed by atoms with Crippen LogP contribution in [0.15, 0.2) is 71.8 Å². The third-order valence-electron chi connectivity index (χ3n) is 5.22. The number of benzene rings is 2. The third-order valence-corrected chi connectivity index (χ3v) is 5.47. The van der Waals surface area contributed by atoms with Gasteiger partial charge < -0.3 is 10.1 Å². The van der Waals surface area contributed by atoms with Crippen molar-refractivity contribution in [3.63, 3.8) is 0 Å². The summed E-state index contributed by atoms with van der Waals surface area (Å²) in [5, 5.41) is 12.2. The van der Waals surface area contributed by atoms with Crippen molar-refractivity contribution in [3.8, 4) is 11.3 Å². The first-order valence-corrected chi connectivity index (χ1v) is 10.5. The fraction of sp³-hybridized carbons (Fsp3) is 0.0870. The maximum atomic E-state index is 12.8. The molecule has 11 heteroatoms. The molecule has 0 saturated heterocycles. The number of rotatable bonds is 5. The second-order valence-electron chi connectivity index (χ2n) is 7.42. The number of aromatic nitrogens is 5. The smallest absolute Gasteiger partial charge is 0.350 e. The zero-order valence-electron chi connectivity index (χ0n) is 17.8. The number of hydrogen-bond acceptors (Lipinski definition) is 6. The molecule has 0 spiro atoms. The predicted molar refractivity (Wildman–Crippen MR) is 125 cm³/mol. The quantitative estimate of drug-likeness (QED) is 0.390. The Hall–Kier alpha value is -4.44. The van der Waals surface area contributed by atoms with Gasteiger partial charge in [0.25, 0.3) is 0 Å². The summed E-state index contributed by atoms with van der Waals surface area (Å²) in [5.41, 5.74) is 2.92. The number of carbonyl (C=O) groups is 2. The van der Waals surface area contributed by atoms with Gasteiger partial charge >= 0.3 is 11.7 Å². The molecule has 5 rings (SSSR count). The molecule has 0 aliphatic heterocycles. The van der Waals surface area contributed by atoms with Crippen LogP contribution in [0.5, 0.6) is 0 Å². The van der Waals surface area contributed by atoms with E-state index in [0.29, 0.717) is 33.1 Å². The minimum absolute atomic E-state index is 0.288. The lowest BCUT2D eigenvalue weighted by Crippen LogP contribution is -2.28. The number of carbonyl (C=O) groups excluding carboxylic acids is 2. The Labute approximate surface area is 196 Å². The average molecular weight is 477 g/mol. The summed E-state index contributed by atoms with van der Waals surface area (Å²) in [6.45, 7) is -0.288. The van der Waals surface area contributed by atoms with Crippen LogP contribution in [0.25, 0.3) is 22.4 Å². The molecule has 2 aromatic carbocycles. The molecule has 3 heterocycles. The van der Waals surface area contributed by atoms with E-state index in [4.69, 9.17) is 11.6 Å². The first-order valence-electron chi connectivity index (χ1n) is 10.1. The van der Waals surface area contributed by atoms with Gasteiger partial charge in [0, 0.05) is 28.7 Å². The highest BCUT2D eigenvalue weighted by Crippen LogP contribution is 2.23. The molecule has 0 saturated carbocycles. The molecule has 0 aliphatic carbocycles. The van der Waals surface area contributed by atoms with E-state index in [1.807, 2.05) is 18.2 Å². The van der Waals surface area contributed by atoms with Gasteiger partial charge in [-0.15, -0.1) is 5.10 Å². The molecule has 0 aliphatic rings. The number of esters is 1. The third kappa shape index (κ3) is 3.90. The van der Waals surface area contributed by atoms with E-state index in [2.05, 4.69) is 20.3 Å². The predicted octanol–water partition coefficient (Wildman–Crippen LogP) is 2.89. The van der Waals surface area contributed by atoms with Crippen LogP contribution in [0.2, 0.25) is 5.02 Å². The summed E-state index contributed by atoms with van der Waals surface area (Å²) >= 11 is 5.97. The van der Waals surface area contributed by atoms with Crippen molar-refractivity contribution in [3.05, 3.63) is 88.1 Å². The second kappa shape index (κ2) is 8.49. The van der Waals surface area contributed by atoms with E-state index in [1.54, 1.807) is 41.2 Å². The number of ether oxygens (including phenoxy) is 1. The van der Waals surface area contributed by atoms with E-state index >= 15 is 0 Å². The summed E-state index contributed by atoms with van der Waals surface area (Å²) in [4.78, 5) is 36.9. The Morgan fingerprint density at radius 3 is 2.47 bits per heavy atom. The number of nitrogens with zero attached hydrogens (tertiary/aromatic N) is 5. The van der Waals surface area contributed by atoms with Gasteiger partial charge in [-0.25, -0.2) is 23.2 Å². The Morgan fingerprint density at radius 1 is 1.03 bits per heavy atom. The van der Waals surface area contributed by atoms with Crippen molar-refractivity contribution in [2.24, 2.45) is 0 Å². The van der Waals surface area contributed by atoms with Crippen LogP contribution in [-0.2, 0) is 16.1 Å². The lowest BCUT2D eigenvalue weighted by molar-refractivity contribution is -0.117. The van der Waals surface area contributed by atoms with Gasteiger partial charge in [0.1, 0.15) is 12.1 Å². The number of methoxy groups -OCH3 is 1. The van der Waals surface area contributed by atoms with E-state index < -0.39 is 17.6 Å². The lowest BCUT2D eigenvalue weighted by atomic mass is 10.1. The number of amides is 1. The standard InChI is InChI=1S/C23H17ClN6O4/c1-34-22(32)15-4-8-17(9-5-15)25-20(31)13-30-23(33)28-10-11-29-19(21(28)27-30)12-18(26-29)14-2-6-16(24)7-3-14/h2-12H,13H2,1H3,(H,25,31). The van der Waals surface area contributed by atoms with E-state index in [0.717, 1.165) is 10.2 Å². The monoisotopic (exact) mass is 476 g/mol. The zero-order valence-corrected chi connectivity index (χ0v) is 18.6. The highest BCUT2D eigenvalue weighted by Gasteiger charge is 2.16. The van der Waals surface area contributed by atoms with Gasteiger partial charge in [-0.1, -0.05) is 23.7 Å². The van der Waals surface area contributed by atoms with Crippen LogP contribution in [0.3, 0.4) is 0 Å². The number of hydrogen-bond donors (Lipinski definition) is 1. The molecular weight excluding hydrogens is 460 g/mol. The summed E-state index contributed by atoms with van der Waals surface area (Å²) in [7, 11) is 1.29. The van der Waals surface area contributed by atoms with Gasteiger partial charge in [-0.2, -0.15) is 5.10 Å². The lowest BCUT2D eigenvalue weighted by Gasteiger charge is -2.05. The van der Waals surface area contributed by atoms with Crippen molar-refractivity contribution >= 4 is 40.3 Å². The Balaban J connectivity index is 1.41. The number of halogens is 1. The second-order valence-corrected chi connectivity index (χ2v) is 7.85. The largest absolute Gasteiger partial charge is 0.465 e. The summed E-state index contributed by atoms with van der Waals surface area (Å²) < 4.78 is 8.73. The summed E-state index contributed by atoms with van der Waals surface area (Å²) in [6.07, 6.45) is 3.20. The molecule has 170 valence electrons. The van der Waals surface area contributed by atoms with Crippen LogP contribution < -0.4 is 11.0 Å². The maximum absolute atomic E-state index is 12.8. The first-order chi connectivity index (χ1) is 16.4. The Kier molecular flexibility index (Phi) is 5.34. The van der Waals surface area contributed by atoms with E-state index in [1.165, 1.54) is 23.6 Å². The SMILES string of the molecule is COC(=O)c1ccc(NC(=O)Cn2nc3c4cc(-c5ccc(Cl)cc5)nn4ccn3c2=O)cc1. The van der Waals surface area contributed by atoms with Crippen molar-refractivity contribution in [1.29, 1.82) is 0 Å². The maximum Gasteiger partial charge on any atom is 0.350 e. The van der Waals surface area contributed by atoms with Crippen LogP contribution in [0.4, 0.5) is 5.69 Å². The highest BCUT2D eigenvalue weighted by molar-refractivity contribution is 6.30. The number of nitrogens with one attached hydrogen (secondary N) is 1. The van der Waals surface area contributed by atoms with Crippen LogP contribution >= 0.6 is 11.6 Å². The molecule has 0 radical (unpaired) electrons. The van der Waals surface area contributed by atoms with Gasteiger partial charge in [0.15, 0.2) is 5.65 Å². The topological polar surface area (TPSA) is 112 Å².